The molecule has 1 amide bonds. The van der Waals surface area contributed by atoms with Crippen LogP contribution in [0, 0.1) is 5.82 Å². The molecule has 1 saturated heterocycles. The summed E-state index contributed by atoms with van der Waals surface area (Å²) in [6, 6.07) is 16.5. The van der Waals surface area contributed by atoms with Crippen molar-refractivity contribution in [1.29, 1.82) is 0 Å². The van der Waals surface area contributed by atoms with Crippen LogP contribution in [0.3, 0.4) is 0 Å². The molecular formula is C24H20FN5O2. The van der Waals surface area contributed by atoms with Crippen LogP contribution in [0.2, 0.25) is 0 Å². The zero-order chi connectivity index (χ0) is 21.7. The average molecular weight is 429 g/mol. The molecule has 0 saturated carbocycles. The van der Waals surface area contributed by atoms with Crippen molar-refractivity contribution in [2.24, 2.45) is 0 Å². The third kappa shape index (κ3) is 3.15. The van der Waals surface area contributed by atoms with Crippen molar-refractivity contribution in [3.63, 3.8) is 0 Å². The fourth-order valence-electron chi connectivity index (χ4n) is 4.59. The maximum atomic E-state index is 13.8. The van der Waals surface area contributed by atoms with Gasteiger partial charge in [0.25, 0.3) is 0 Å². The lowest BCUT2D eigenvalue weighted by Crippen LogP contribution is -2.31. The molecule has 1 unspecified atom stereocenters. The number of hydrogen-bond acceptors (Lipinski definition) is 5. The minimum absolute atomic E-state index is 0.0899. The summed E-state index contributed by atoms with van der Waals surface area (Å²) in [7, 11) is 0. The number of imidazole rings is 1. The Hall–Kier alpha value is -3.94. The molecule has 6 rings (SSSR count). The smallest absolute Gasteiger partial charge is 0.410 e. The van der Waals surface area contributed by atoms with Gasteiger partial charge in [-0.3, -0.25) is 0 Å². The summed E-state index contributed by atoms with van der Waals surface area (Å²) in [6.45, 7) is 1.28. The van der Waals surface area contributed by atoms with Crippen LogP contribution in [0.5, 0.6) is 5.75 Å². The predicted octanol–water partition coefficient (Wildman–Crippen LogP) is 4.48. The topological polar surface area (TPSA) is 71.8 Å². The van der Waals surface area contributed by atoms with E-state index in [1.807, 2.05) is 34.8 Å². The Bertz CT molecular complexity index is 1350. The van der Waals surface area contributed by atoms with Crippen LogP contribution in [-0.4, -0.2) is 27.2 Å². The third-order valence-electron chi connectivity index (χ3n) is 6.11. The van der Waals surface area contributed by atoms with E-state index in [4.69, 9.17) is 9.84 Å². The van der Waals surface area contributed by atoms with Gasteiger partial charge in [-0.05, 0) is 60.9 Å². The molecule has 2 aliphatic rings. The quantitative estimate of drug-likeness (QED) is 0.520. The normalized spacial score (nSPS) is 17.8. The number of nitrogens with one attached hydrogen (secondary N) is 1. The zero-order valence-corrected chi connectivity index (χ0v) is 17.2. The number of fused-ring (bicyclic) bond motifs is 2. The first-order valence-electron chi connectivity index (χ1n) is 10.6. The number of carbonyl (C=O) groups excluding carboxylic acids is 1. The van der Waals surface area contributed by atoms with Crippen molar-refractivity contribution in [2.45, 2.75) is 25.4 Å². The van der Waals surface area contributed by atoms with Crippen molar-refractivity contribution in [2.75, 3.05) is 11.4 Å². The Balaban J connectivity index is 1.38. The Morgan fingerprint density at radius 3 is 2.97 bits per heavy atom. The minimum atomic E-state index is -0.440. The first kappa shape index (κ1) is 18.8. The minimum Gasteiger partial charge on any atom is -0.410 e. The van der Waals surface area contributed by atoms with E-state index >= 15 is 0 Å². The highest BCUT2D eigenvalue weighted by atomic mass is 19.1. The van der Waals surface area contributed by atoms with E-state index in [1.54, 1.807) is 24.4 Å². The van der Waals surface area contributed by atoms with Crippen LogP contribution in [0.25, 0.3) is 16.9 Å². The highest BCUT2D eigenvalue weighted by molar-refractivity contribution is 5.74. The number of ether oxygens (including phenoxy) is 1. The monoisotopic (exact) mass is 429 g/mol. The molecule has 160 valence electrons. The number of amides is 1. The second-order valence-corrected chi connectivity index (χ2v) is 8.08. The Morgan fingerprint density at radius 2 is 2.06 bits per heavy atom. The Kier molecular flexibility index (Phi) is 4.31. The summed E-state index contributed by atoms with van der Waals surface area (Å²) in [6.07, 6.45) is 3.33. The van der Waals surface area contributed by atoms with Crippen LogP contribution in [0.1, 0.15) is 30.0 Å². The molecule has 7 nitrogen and oxygen atoms in total. The van der Waals surface area contributed by atoms with E-state index in [1.165, 1.54) is 6.07 Å². The van der Waals surface area contributed by atoms with Crippen LogP contribution in [0.4, 0.5) is 15.0 Å². The van der Waals surface area contributed by atoms with Gasteiger partial charge < -0.3 is 15.0 Å². The van der Waals surface area contributed by atoms with Gasteiger partial charge >= 0.3 is 6.09 Å². The highest BCUT2D eigenvalue weighted by Gasteiger charge is 2.28. The second kappa shape index (κ2) is 7.33. The molecule has 2 aromatic heterocycles. The number of carbonyl (C=O) groups is 1. The molecule has 8 heteroatoms. The molecule has 4 aromatic rings. The van der Waals surface area contributed by atoms with Gasteiger partial charge in [0.2, 0.25) is 0 Å². The van der Waals surface area contributed by atoms with Gasteiger partial charge in [-0.15, -0.1) is 5.10 Å². The van der Waals surface area contributed by atoms with E-state index in [9.17, 15) is 9.18 Å². The predicted molar refractivity (Wildman–Crippen MR) is 117 cm³/mol. The van der Waals surface area contributed by atoms with Gasteiger partial charge in [-0.2, -0.15) is 0 Å². The fraction of sp³-hybridized carbons (Fsp3) is 0.208. The molecule has 1 atom stereocenters. The summed E-state index contributed by atoms with van der Waals surface area (Å²) in [5.41, 5.74) is 4.39. The molecule has 0 aliphatic carbocycles. The summed E-state index contributed by atoms with van der Waals surface area (Å²) in [5, 5.41) is 7.59. The first-order valence-corrected chi connectivity index (χ1v) is 10.6. The van der Waals surface area contributed by atoms with Crippen molar-refractivity contribution in [3.8, 4) is 17.0 Å². The van der Waals surface area contributed by atoms with Crippen LogP contribution in [0.15, 0.2) is 60.8 Å². The van der Waals surface area contributed by atoms with Gasteiger partial charge in [0.15, 0.2) is 5.65 Å². The number of nitrogens with zero attached hydrogens (tertiary/aromatic N) is 4. The zero-order valence-electron chi connectivity index (χ0n) is 17.2. The summed E-state index contributed by atoms with van der Waals surface area (Å²) < 4.78 is 20.9. The van der Waals surface area contributed by atoms with E-state index in [-0.39, 0.29) is 11.9 Å². The summed E-state index contributed by atoms with van der Waals surface area (Å²) >= 11 is 0. The highest BCUT2D eigenvalue weighted by Crippen LogP contribution is 2.36. The molecule has 0 spiro atoms. The van der Waals surface area contributed by atoms with Crippen molar-refractivity contribution < 1.29 is 13.9 Å². The van der Waals surface area contributed by atoms with Crippen LogP contribution < -0.4 is 15.0 Å². The SMILES string of the molecule is O=C1NCc2cc(-c3cnc4ccc(N5CCCC5c5cccc(F)c5)nn34)ccc2O1. The van der Waals surface area contributed by atoms with Gasteiger partial charge in [0, 0.05) is 24.2 Å². The lowest BCUT2D eigenvalue weighted by Gasteiger charge is -2.26. The van der Waals surface area contributed by atoms with Gasteiger partial charge in [0.05, 0.1) is 17.9 Å². The molecule has 2 aliphatic heterocycles. The molecule has 2 aromatic carbocycles. The van der Waals surface area contributed by atoms with Gasteiger partial charge in [0.1, 0.15) is 17.4 Å². The summed E-state index contributed by atoms with van der Waals surface area (Å²) in [4.78, 5) is 18.2. The first-order chi connectivity index (χ1) is 15.7. The lowest BCUT2D eigenvalue weighted by molar-refractivity contribution is 0.194. The van der Waals surface area contributed by atoms with E-state index in [0.717, 1.165) is 53.2 Å². The van der Waals surface area contributed by atoms with Crippen molar-refractivity contribution in [3.05, 3.63) is 77.7 Å². The van der Waals surface area contributed by atoms with Crippen LogP contribution in [-0.2, 0) is 6.54 Å². The third-order valence-corrected chi connectivity index (χ3v) is 6.11. The fourth-order valence-corrected chi connectivity index (χ4v) is 4.59. The molecule has 32 heavy (non-hydrogen) atoms. The van der Waals surface area contributed by atoms with E-state index < -0.39 is 6.09 Å². The number of rotatable bonds is 3. The van der Waals surface area contributed by atoms with Crippen LogP contribution >= 0.6 is 0 Å². The maximum Gasteiger partial charge on any atom is 0.412 e. The van der Waals surface area contributed by atoms with E-state index in [0.29, 0.717) is 12.3 Å². The molecule has 4 heterocycles. The largest absolute Gasteiger partial charge is 0.412 e. The Morgan fingerprint density at radius 1 is 1.12 bits per heavy atom. The standard InChI is InChI=1S/C24H20FN5O2/c25-18-4-1-3-15(12-18)19-5-2-10-29(19)23-9-8-22-26-14-20(30(22)28-23)16-6-7-21-17(11-16)13-27-24(31)32-21/h1,3-4,6-9,11-12,14,19H,2,5,10,13H2,(H,27,31). The molecule has 0 bridgehead atoms. The molecule has 1 N–H and O–H groups in total. The second-order valence-electron chi connectivity index (χ2n) is 8.08. The van der Waals surface area contributed by atoms with Crippen molar-refractivity contribution in [1.82, 2.24) is 19.9 Å². The lowest BCUT2D eigenvalue weighted by atomic mass is 10.0. The van der Waals surface area contributed by atoms with E-state index in [2.05, 4.69) is 15.2 Å². The number of anilines is 1. The number of aromatic nitrogens is 3. The molecule has 1 fully saturated rings. The molecular weight excluding hydrogens is 409 g/mol. The number of halogens is 1. The average Bonchev–Trinajstić information content (AvgIpc) is 3.46. The number of benzene rings is 2. The van der Waals surface area contributed by atoms with Gasteiger partial charge in [-0.25, -0.2) is 18.7 Å². The van der Waals surface area contributed by atoms with Crippen molar-refractivity contribution >= 4 is 17.6 Å². The Labute approximate surface area is 183 Å². The number of hydrogen-bond donors (Lipinski definition) is 1. The summed E-state index contributed by atoms with van der Waals surface area (Å²) in [5.74, 6) is 1.18. The maximum absolute atomic E-state index is 13.8. The molecule has 0 radical (unpaired) electrons. The van der Waals surface area contributed by atoms with Gasteiger partial charge in [-0.1, -0.05) is 12.1 Å².